The van der Waals surface area contributed by atoms with Crippen molar-refractivity contribution in [1.29, 1.82) is 0 Å². The highest BCUT2D eigenvalue weighted by atomic mass is 35.5. The lowest BCUT2D eigenvalue weighted by Crippen LogP contribution is -2.37. The van der Waals surface area contributed by atoms with Crippen molar-refractivity contribution in [1.82, 2.24) is 4.90 Å². The van der Waals surface area contributed by atoms with E-state index in [0.29, 0.717) is 16.1 Å². The number of likely N-dealkylation sites (tertiary alicyclic amines) is 1. The normalized spacial score (nSPS) is 22.2. The first-order valence-electron chi connectivity index (χ1n) is 9.29. The van der Waals surface area contributed by atoms with E-state index < -0.39 is 23.5 Å². The molecule has 1 aliphatic heterocycles. The Bertz CT molecular complexity index is 964. The first-order valence-corrected chi connectivity index (χ1v) is 9.66. The topological polar surface area (TPSA) is 57.6 Å². The molecule has 1 unspecified atom stereocenters. The minimum Gasteiger partial charge on any atom is -0.507 e. The smallest absolute Gasteiger partial charge is 0.295 e. The fraction of sp³-hybridized carbons (Fsp3) is 0.273. The summed E-state index contributed by atoms with van der Waals surface area (Å²) in [6.45, 7) is 0. The maximum atomic E-state index is 13.5. The average Bonchev–Trinajstić information content (AvgIpc) is 3.29. The molecule has 1 atom stereocenters. The van der Waals surface area contributed by atoms with Crippen molar-refractivity contribution in [2.75, 3.05) is 0 Å². The fourth-order valence-corrected chi connectivity index (χ4v) is 4.36. The Kier molecular flexibility index (Phi) is 4.94. The fourth-order valence-electron chi connectivity index (χ4n) is 4.17. The maximum absolute atomic E-state index is 13.5. The third-order valence-electron chi connectivity index (χ3n) is 5.48. The largest absolute Gasteiger partial charge is 0.507 e. The highest BCUT2D eigenvalue weighted by Crippen LogP contribution is 2.43. The number of ketones is 1. The van der Waals surface area contributed by atoms with Crippen LogP contribution in [0.1, 0.15) is 42.9 Å². The summed E-state index contributed by atoms with van der Waals surface area (Å²) in [4.78, 5) is 27.4. The Morgan fingerprint density at radius 2 is 1.75 bits per heavy atom. The Morgan fingerprint density at radius 3 is 2.39 bits per heavy atom. The van der Waals surface area contributed by atoms with Gasteiger partial charge < -0.3 is 10.0 Å². The minimum absolute atomic E-state index is 0.0192. The van der Waals surface area contributed by atoms with Gasteiger partial charge in [-0.25, -0.2) is 4.39 Å². The van der Waals surface area contributed by atoms with Gasteiger partial charge in [0.25, 0.3) is 11.7 Å². The molecule has 1 amide bonds. The summed E-state index contributed by atoms with van der Waals surface area (Å²) in [6, 6.07) is 11.4. The zero-order chi connectivity index (χ0) is 19.8. The van der Waals surface area contributed by atoms with Gasteiger partial charge in [0, 0.05) is 16.6 Å². The predicted octanol–water partition coefficient (Wildman–Crippen LogP) is 4.84. The second-order valence-corrected chi connectivity index (χ2v) is 7.64. The molecule has 1 saturated carbocycles. The molecule has 0 radical (unpaired) electrons. The summed E-state index contributed by atoms with van der Waals surface area (Å²) < 4.78 is 13.5. The van der Waals surface area contributed by atoms with Gasteiger partial charge >= 0.3 is 0 Å². The number of carbonyl (C=O) groups is 2. The molecule has 2 aromatic carbocycles. The number of Topliss-reactive ketones (excluding diaryl/α,β-unsaturated/α-hetero) is 1. The van der Waals surface area contributed by atoms with Gasteiger partial charge in [-0.15, -0.1) is 0 Å². The van der Waals surface area contributed by atoms with Gasteiger partial charge in [0.2, 0.25) is 0 Å². The Morgan fingerprint density at radius 1 is 1.07 bits per heavy atom. The number of benzene rings is 2. The van der Waals surface area contributed by atoms with Crippen LogP contribution in [0.3, 0.4) is 0 Å². The summed E-state index contributed by atoms with van der Waals surface area (Å²) in [5.41, 5.74) is 0.978. The molecule has 2 aromatic rings. The van der Waals surface area contributed by atoms with E-state index in [1.54, 1.807) is 41.3 Å². The van der Waals surface area contributed by atoms with Crippen molar-refractivity contribution < 1.29 is 19.1 Å². The lowest BCUT2D eigenvalue weighted by atomic mass is 9.94. The van der Waals surface area contributed by atoms with E-state index in [1.165, 1.54) is 12.1 Å². The van der Waals surface area contributed by atoms with Crippen molar-refractivity contribution in [2.24, 2.45) is 0 Å². The van der Waals surface area contributed by atoms with Gasteiger partial charge in [-0.1, -0.05) is 48.7 Å². The van der Waals surface area contributed by atoms with Crippen molar-refractivity contribution >= 4 is 29.1 Å². The van der Waals surface area contributed by atoms with Crippen LogP contribution in [0.2, 0.25) is 5.02 Å². The number of hydrogen-bond acceptors (Lipinski definition) is 3. The van der Waals surface area contributed by atoms with Crippen LogP contribution in [0, 0.1) is 5.82 Å². The van der Waals surface area contributed by atoms with Crippen LogP contribution < -0.4 is 0 Å². The predicted molar refractivity (Wildman–Crippen MR) is 104 cm³/mol. The molecule has 4 nitrogen and oxygen atoms in total. The molecule has 28 heavy (non-hydrogen) atoms. The van der Waals surface area contributed by atoms with E-state index in [0.717, 1.165) is 25.7 Å². The number of rotatable bonds is 3. The van der Waals surface area contributed by atoms with E-state index >= 15 is 0 Å². The van der Waals surface area contributed by atoms with Crippen molar-refractivity contribution in [3.05, 3.63) is 76.1 Å². The highest BCUT2D eigenvalue weighted by Gasteiger charge is 2.49. The molecule has 0 spiro atoms. The van der Waals surface area contributed by atoms with Gasteiger partial charge in [-0.05, 0) is 42.7 Å². The Labute approximate surface area is 167 Å². The zero-order valence-corrected chi connectivity index (χ0v) is 15.8. The summed E-state index contributed by atoms with van der Waals surface area (Å²) >= 11 is 6.03. The molecule has 0 aromatic heterocycles. The lowest BCUT2D eigenvalue weighted by molar-refractivity contribution is -0.141. The molecule has 1 aliphatic carbocycles. The molecule has 6 heteroatoms. The van der Waals surface area contributed by atoms with Crippen LogP contribution in [-0.4, -0.2) is 27.7 Å². The number of hydrogen-bond donors (Lipinski definition) is 1. The molecular weight excluding hydrogens is 381 g/mol. The second kappa shape index (κ2) is 7.40. The van der Waals surface area contributed by atoms with E-state index in [4.69, 9.17) is 11.6 Å². The lowest BCUT2D eigenvalue weighted by Gasteiger charge is -2.30. The van der Waals surface area contributed by atoms with Crippen molar-refractivity contribution in [2.45, 2.75) is 37.8 Å². The molecule has 4 rings (SSSR count). The van der Waals surface area contributed by atoms with Crippen LogP contribution in [0.5, 0.6) is 0 Å². The average molecular weight is 400 g/mol. The van der Waals surface area contributed by atoms with Gasteiger partial charge in [0.05, 0.1) is 11.6 Å². The molecule has 1 heterocycles. The summed E-state index contributed by atoms with van der Waals surface area (Å²) in [5, 5.41) is 11.3. The molecule has 0 bridgehead atoms. The summed E-state index contributed by atoms with van der Waals surface area (Å²) in [6.07, 6.45) is 3.58. The Hall–Kier alpha value is -2.66. The molecule has 2 fully saturated rings. The Balaban J connectivity index is 1.89. The minimum atomic E-state index is -0.748. The second-order valence-electron chi connectivity index (χ2n) is 7.21. The van der Waals surface area contributed by atoms with E-state index in [-0.39, 0.29) is 17.4 Å². The first-order chi connectivity index (χ1) is 13.5. The van der Waals surface area contributed by atoms with Crippen LogP contribution in [0.4, 0.5) is 4.39 Å². The molecular formula is C22H19ClFNO3. The van der Waals surface area contributed by atoms with Crippen LogP contribution in [0.25, 0.3) is 5.76 Å². The number of amides is 1. The number of carbonyl (C=O) groups excluding carboxylic acids is 2. The van der Waals surface area contributed by atoms with E-state index in [1.807, 2.05) is 0 Å². The quantitative estimate of drug-likeness (QED) is 0.456. The van der Waals surface area contributed by atoms with Crippen LogP contribution in [0.15, 0.2) is 54.1 Å². The zero-order valence-electron chi connectivity index (χ0n) is 15.1. The number of halogens is 2. The number of aliphatic hydroxyl groups is 1. The van der Waals surface area contributed by atoms with Gasteiger partial charge in [0.1, 0.15) is 11.6 Å². The maximum Gasteiger partial charge on any atom is 0.295 e. The third-order valence-corrected chi connectivity index (χ3v) is 5.72. The highest BCUT2D eigenvalue weighted by molar-refractivity contribution is 6.46. The van der Waals surface area contributed by atoms with Crippen LogP contribution >= 0.6 is 11.6 Å². The van der Waals surface area contributed by atoms with Gasteiger partial charge in [-0.2, -0.15) is 0 Å². The van der Waals surface area contributed by atoms with Gasteiger partial charge in [-0.3, -0.25) is 9.59 Å². The van der Waals surface area contributed by atoms with Gasteiger partial charge in [0.15, 0.2) is 0 Å². The third kappa shape index (κ3) is 3.20. The SMILES string of the molecule is O=C1C(=O)N(C2CCCC2)C(c2ccc(F)cc2)/C1=C(/O)c1cccc(Cl)c1. The number of aliphatic hydroxyl groups excluding tert-OH is 1. The van der Waals surface area contributed by atoms with E-state index in [2.05, 4.69) is 0 Å². The molecule has 144 valence electrons. The first kappa shape index (κ1) is 18.7. The molecule has 2 aliphatic rings. The van der Waals surface area contributed by atoms with Crippen LogP contribution in [-0.2, 0) is 9.59 Å². The monoisotopic (exact) mass is 399 g/mol. The molecule has 1 saturated heterocycles. The number of nitrogens with zero attached hydrogens (tertiary/aromatic N) is 1. The summed E-state index contributed by atoms with van der Waals surface area (Å²) in [7, 11) is 0. The van der Waals surface area contributed by atoms with Crippen molar-refractivity contribution in [3.63, 3.8) is 0 Å². The standard InChI is InChI=1S/C22H19ClFNO3/c23-15-5-3-4-14(12-15)20(26)18-19(13-8-10-16(24)11-9-13)25(22(28)21(18)27)17-6-1-2-7-17/h3-5,8-12,17,19,26H,1-2,6-7H2/b20-18-. The summed E-state index contributed by atoms with van der Waals surface area (Å²) in [5.74, 6) is -2.02. The van der Waals surface area contributed by atoms with E-state index in [9.17, 15) is 19.1 Å². The van der Waals surface area contributed by atoms with Crippen molar-refractivity contribution in [3.8, 4) is 0 Å². The molecule has 1 N–H and O–H groups in total.